The molecule has 10 aromatic rings. The van der Waals surface area contributed by atoms with Crippen molar-refractivity contribution in [2.45, 2.75) is 205 Å². The van der Waals surface area contributed by atoms with E-state index in [1.807, 2.05) is 72.8 Å². The number of aromatic nitrogens is 5. The summed E-state index contributed by atoms with van der Waals surface area (Å²) >= 11 is -5.57. The number of hydrogen-bond acceptors (Lipinski definition) is 11. The number of nitrogens with zero attached hydrogens (tertiary/aromatic N) is 5. The molecule has 0 amide bonds. The first-order valence-corrected chi connectivity index (χ1v) is 70.4. The first kappa shape index (κ1) is 112. The third-order valence-electron chi connectivity index (χ3n) is 17.4. The number of benzene rings is 5. The maximum Gasteiger partial charge on any atom is 0.485 e. The van der Waals surface area contributed by atoms with Gasteiger partial charge in [0.15, 0.2) is 10.1 Å². The van der Waals surface area contributed by atoms with Crippen molar-refractivity contribution in [1.82, 2.24) is 24.9 Å². The summed E-state index contributed by atoms with van der Waals surface area (Å²) in [6, 6.07) is 67.3. The fourth-order valence-corrected chi connectivity index (χ4v) is 25.7. The van der Waals surface area contributed by atoms with E-state index < -0.39 is 71.6 Å². The Morgan fingerprint density at radius 1 is 0.385 bits per heavy atom. The van der Waals surface area contributed by atoms with Crippen LogP contribution in [0.25, 0.3) is 56.3 Å². The summed E-state index contributed by atoms with van der Waals surface area (Å²) < 4.78 is 63.5. The van der Waals surface area contributed by atoms with E-state index in [0.29, 0.717) is 29.6 Å². The van der Waals surface area contributed by atoms with Gasteiger partial charge in [-0.05, 0) is 59.3 Å². The van der Waals surface area contributed by atoms with Crippen LogP contribution in [0, 0.1) is 53.9 Å². The molecule has 5 heterocycles. The predicted octanol–water partition coefficient (Wildman–Crippen LogP) is 20.9. The topological polar surface area (TPSA) is 182 Å². The SMILES string of the molecule is CC(C)Cc1cc(-c2[c-]cccc2)nc[c]1[Ge]([CH3])([CH3])[CH3].CC(C)Cc1cc(-c2[c-]cccc2)nc[c]1[Ge]([CH3])([CH3])[CH3].CC(C)Cc1cc(-c2[c-]cccc2)nc[c]1[Ge]([CH3])([CH3])[CH3].CC(C)Cc1cc(-c2[c-]cccc2)ncc1[Si](C)(C)C.CC(C)Cc1cc(-c2ccccc2)ncc1[Si](C)(C)C.CCO.CO.CO.O=S(=O)([O-])C(F)(F)F.[Ir].[Ir]. The molecule has 117 heavy (non-hydrogen) atoms. The van der Waals surface area contributed by atoms with Crippen molar-refractivity contribution in [2.75, 3.05) is 20.8 Å². The van der Waals surface area contributed by atoms with E-state index in [4.69, 9.17) is 48.2 Å². The Balaban J connectivity index is 0.00000137. The number of hydrogen-bond donors (Lipinski definition) is 3. The van der Waals surface area contributed by atoms with Crippen LogP contribution in [0.15, 0.2) is 189 Å². The summed E-state index contributed by atoms with van der Waals surface area (Å²) in [5, 5.41) is 24.6. The quantitative estimate of drug-likeness (QED) is 0.0286. The molecule has 0 atom stereocenters. The average Bonchev–Trinajstić information content (AvgIpc) is 0.825. The van der Waals surface area contributed by atoms with Gasteiger partial charge in [-0.2, -0.15) is 13.2 Å². The normalized spacial score (nSPS) is 11.4. The summed E-state index contributed by atoms with van der Waals surface area (Å²) in [5.41, 5.74) is 12.7. The fraction of sp³-hybridized carbons (Fsp3) is 0.421. The fourth-order valence-electron chi connectivity index (χ4n) is 12.5. The molecule has 0 spiro atoms. The molecular weight excluding hydrogens is 2050 g/mol. The van der Waals surface area contributed by atoms with Gasteiger partial charge in [0.2, 0.25) is 0 Å². The molecule has 0 fully saturated rings. The van der Waals surface area contributed by atoms with Crippen LogP contribution in [-0.4, -0.2) is 135 Å². The predicted molar refractivity (Wildman–Crippen MR) is 496 cm³/mol. The number of pyridine rings is 5. The summed E-state index contributed by atoms with van der Waals surface area (Å²) in [7, 11) is -6.76. The van der Waals surface area contributed by atoms with E-state index >= 15 is 0 Å². The summed E-state index contributed by atoms with van der Waals surface area (Å²) in [6.45, 7) is 39.2. The van der Waals surface area contributed by atoms with Gasteiger partial charge in [-0.25, -0.2) is 8.42 Å². The van der Waals surface area contributed by atoms with E-state index in [1.165, 1.54) is 43.8 Å². The molecule has 2 radical (unpaired) electrons. The van der Waals surface area contributed by atoms with Crippen molar-refractivity contribution >= 4 is 89.6 Å². The van der Waals surface area contributed by atoms with Crippen LogP contribution < -0.4 is 23.6 Å². The van der Waals surface area contributed by atoms with Crippen LogP contribution in [-0.2, 0) is 82.4 Å². The third kappa shape index (κ3) is 41.0. The number of alkyl halides is 3. The standard InChI is InChI=1S/3C18H24GeN.C18H25NSi.C18H24NSi.C2H6O.CHF3O3S.2CH4O.2Ir/c3*1-14(2)11-16-12-18(15-9-7-6-8-10-15)20-13-17(16)19(3,4)5;2*1-14(2)11-16-12-17(15-9-7-6-8-10-15)19-13-18(16)20(3,4)5;1-2-3;2-1(3,4)8(5,6)7;2*1-2;;/h3*6-9,12-14H,11H2,1-5H3;6-10,12-14H,11H2,1-5H3;6-9,12-14H,11H2,1-5H3;3H,2H2,1H3;(H,5,6,7);2*2H,1H3;;/q3*-1;;-1;;;;;;/p-1. The van der Waals surface area contributed by atoms with E-state index in [0.717, 1.165) is 97.0 Å². The average molecular weight is 2190 g/mol. The van der Waals surface area contributed by atoms with Gasteiger partial charge in [-0.3, -0.25) is 4.98 Å². The van der Waals surface area contributed by atoms with Crippen LogP contribution in [0.2, 0.25) is 91.1 Å². The second kappa shape index (κ2) is 53.6. The van der Waals surface area contributed by atoms with Gasteiger partial charge >= 0.3 is 382 Å². The molecule has 5 aromatic heterocycles. The van der Waals surface area contributed by atoms with Gasteiger partial charge in [0, 0.05) is 79.0 Å². The van der Waals surface area contributed by atoms with Gasteiger partial charge in [-0.1, -0.05) is 109 Å². The molecule has 3 N–H and O–H groups in total. The van der Waals surface area contributed by atoms with Crippen molar-refractivity contribution in [1.29, 1.82) is 0 Å². The van der Waals surface area contributed by atoms with Crippen molar-refractivity contribution in [2.24, 2.45) is 29.6 Å². The number of aliphatic hydroxyl groups excluding tert-OH is 3. The molecule has 0 saturated heterocycles. The maximum absolute atomic E-state index is 10.7. The molecule has 0 aliphatic rings. The van der Waals surface area contributed by atoms with E-state index in [-0.39, 0.29) is 46.8 Å². The Bertz CT molecular complexity index is 3930. The monoisotopic (exact) mass is 2190 g/mol. The zero-order valence-electron chi connectivity index (χ0n) is 75.0. The van der Waals surface area contributed by atoms with Crippen LogP contribution in [0.4, 0.5) is 13.2 Å². The van der Waals surface area contributed by atoms with Crippen LogP contribution in [0.1, 0.15) is 104 Å². The van der Waals surface area contributed by atoms with Gasteiger partial charge < -0.3 is 24.9 Å². The third-order valence-corrected chi connectivity index (χ3v) is 35.1. The number of halogens is 3. The Hall–Kier alpha value is -5.21. The van der Waals surface area contributed by atoms with Crippen molar-refractivity contribution in [3.05, 3.63) is 241 Å². The molecule has 5 aromatic carbocycles. The number of aliphatic hydroxyl groups is 3. The van der Waals surface area contributed by atoms with Gasteiger partial charge in [0.1, 0.15) is 0 Å². The van der Waals surface area contributed by atoms with Crippen LogP contribution >= 0.6 is 0 Å². The van der Waals surface area contributed by atoms with Crippen LogP contribution in [0.5, 0.6) is 0 Å². The second-order valence-electron chi connectivity index (χ2n) is 35.6. The molecule has 646 valence electrons. The van der Waals surface area contributed by atoms with E-state index in [9.17, 15) is 13.2 Å². The molecular formula is C95H135F3Ge3Ir2N5O6SSi2-5. The molecule has 0 aliphatic carbocycles. The van der Waals surface area contributed by atoms with E-state index in [1.54, 1.807) is 20.1 Å². The number of rotatable bonds is 20. The maximum atomic E-state index is 10.7. The van der Waals surface area contributed by atoms with Crippen molar-refractivity contribution in [3.63, 3.8) is 0 Å². The summed E-state index contributed by atoms with van der Waals surface area (Å²) in [4.78, 5) is 23.5. The minimum absolute atomic E-state index is 0. The zero-order valence-corrected chi connectivity index (χ0v) is 88.9. The smallest absolute Gasteiger partial charge is 0.485 e. The molecule has 0 bridgehead atoms. The summed E-state index contributed by atoms with van der Waals surface area (Å²) in [5.74, 6) is 25.3. The largest absolute Gasteiger partial charge is 0.741 e. The molecule has 0 unspecified atom stereocenters. The second-order valence-corrected chi connectivity index (χ2v) is 78.7. The van der Waals surface area contributed by atoms with Crippen molar-refractivity contribution < 1.29 is 81.7 Å². The molecule has 0 saturated carbocycles. The zero-order chi connectivity index (χ0) is 87.5. The minimum Gasteiger partial charge on any atom is -0.741 e. The summed E-state index contributed by atoms with van der Waals surface area (Å²) in [6.07, 6.45) is 16.3. The van der Waals surface area contributed by atoms with Crippen molar-refractivity contribution in [3.8, 4) is 56.3 Å². The minimum atomic E-state index is -6.09. The van der Waals surface area contributed by atoms with Gasteiger partial charge in [0.05, 0.1) is 21.8 Å². The van der Waals surface area contributed by atoms with Crippen LogP contribution in [0.3, 0.4) is 0 Å². The molecule has 0 aliphatic heterocycles. The van der Waals surface area contributed by atoms with E-state index in [2.05, 4.69) is 305 Å². The Labute approximate surface area is 741 Å². The molecule has 10 rings (SSSR count). The molecule has 22 heteroatoms. The van der Waals surface area contributed by atoms with Gasteiger partial charge in [-0.15, -0.1) is 35.9 Å². The van der Waals surface area contributed by atoms with Gasteiger partial charge in [0.25, 0.3) is 0 Å². The molecule has 11 nitrogen and oxygen atoms in total. The Kier molecular flexibility index (Phi) is 51.3. The Morgan fingerprint density at radius 3 is 0.795 bits per heavy atom. The first-order chi connectivity index (χ1) is 53.5. The Morgan fingerprint density at radius 2 is 0.590 bits per heavy atom. The first-order valence-electron chi connectivity index (χ1n) is 40.0.